The molecule has 1 amide bonds. The molecular weight excluding hydrogens is 416 g/mol. The van der Waals surface area contributed by atoms with Crippen molar-refractivity contribution < 1.29 is 14.3 Å². The Bertz CT molecular complexity index is 1070. The minimum Gasteiger partial charge on any atom is -0.494 e. The lowest BCUT2D eigenvalue weighted by Crippen LogP contribution is -2.43. The Balaban J connectivity index is 1.41. The molecule has 1 aromatic heterocycles. The van der Waals surface area contributed by atoms with Crippen molar-refractivity contribution in [3.05, 3.63) is 72.1 Å². The van der Waals surface area contributed by atoms with Crippen molar-refractivity contribution in [1.29, 1.82) is 0 Å². The number of para-hydroxylation sites is 1. The second kappa shape index (κ2) is 10.8. The highest BCUT2D eigenvalue weighted by atomic mass is 16.5. The van der Waals surface area contributed by atoms with E-state index in [2.05, 4.69) is 20.2 Å². The van der Waals surface area contributed by atoms with Crippen LogP contribution in [-0.2, 0) is 11.3 Å². The van der Waals surface area contributed by atoms with E-state index in [0.717, 1.165) is 36.3 Å². The van der Waals surface area contributed by atoms with E-state index in [4.69, 9.17) is 9.47 Å². The van der Waals surface area contributed by atoms with Gasteiger partial charge in [-0.25, -0.2) is 9.97 Å². The third-order valence-electron chi connectivity index (χ3n) is 5.70. The topological polar surface area (TPSA) is 76.6 Å². The first kappa shape index (κ1) is 22.6. The molecule has 2 aromatic carbocycles. The Kier molecular flexibility index (Phi) is 7.40. The standard InChI is InChI=1S/C26H30N4O3/c1-3-32-23-9-5-4-7-20(23)17-29-25(31)21-8-6-16-30(18-21)24-26(28-15-14-27-24)33-22-12-10-19(2)11-13-22/h4-5,7,9-15,21H,3,6,8,16-18H2,1-2H3,(H,29,31)/t21-/m0/s1. The summed E-state index contributed by atoms with van der Waals surface area (Å²) in [6.45, 7) is 6.40. The fraction of sp³-hybridized carbons (Fsp3) is 0.346. The van der Waals surface area contributed by atoms with E-state index >= 15 is 0 Å². The smallest absolute Gasteiger partial charge is 0.263 e. The van der Waals surface area contributed by atoms with E-state index in [1.165, 1.54) is 0 Å². The highest BCUT2D eigenvalue weighted by Crippen LogP contribution is 2.31. The quantitative estimate of drug-likeness (QED) is 0.549. The predicted molar refractivity (Wildman–Crippen MR) is 128 cm³/mol. The lowest BCUT2D eigenvalue weighted by molar-refractivity contribution is -0.125. The number of nitrogens with one attached hydrogen (secondary N) is 1. The number of ether oxygens (including phenoxy) is 2. The lowest BCUT2D eigenvalue weighted by atomic mass is 9.97. The zero-order valence-corrected chi connectivity index (χ0v) is 19.2. The lowest BCUT2D eigenvalue weighted by Gasteiger charge is -2.33. The van der Waals surface area contributed by atoms with Gasteiger partial charge in [-0.1, -0.05) is 35.9 Å². The van der Waals surface area contributed by atoms with Crippen molar-refractivity contribution in [2.75, 3.05) is 24.6 Å². The first-order valence-corrected chi connectivity index (χ1v) is 11.4. The molecule has 1 saturated heterocycles. The largest absolute Gasteiger partial charge is 0.494 e. The molecular formula is C26H30N4O3. The summed E-state index contributed by atoms with van der Waals surface area (Å²) in [6, 6.07) is 15.6. The van der Waals surface area contributed by atoms with Crippen LogP contribution in [-0.4, -0.2) is 35.6 Å². The van der Waals surface area contributed by atoms with E-state index in [9.17, 15) is 4.79 Å². The number of amides is 1. The molecule has 1 aliphatic heterocycles. The number of rotatable bonds is 8. The van der Waals surface area contributed by atoms with Crippen LogP contribution in [0.3, 0.4) is 0 Å². The number of aryl methyl sites for hydroxylation is 1. The van der Waals surface area contributed by atoms with Gasteiger partial charge in [0.25, 0.3) is 5.88 Å². The Morgan fingerprint density at radius 2 is 1.91 bits per heavy atom. The van der Waals surface area contributed by atoms with E-state index in [1.54, 1.807) is 12.4 Å². The predicted octanol–water partition coefficient (Wildman–Crippen LogP) is 4.51. The molecule has 0 aliphatic carbocycles. The van der Waals surface area contributed by atoms with Crippen LogP contribution in [0.25, 0.3) is 0 Å². The van der Waals surface area contributed by atoms with E-state index in [-0.39, 0.29) is 11.8 Å². The van der Waals surface area contributed by atoms with Gasteiger partial charge < -0.3 is 19.7 Å². The van der Waals surface area contributed by atoms with Gasteiger partial charge in [0, 0.05) is 37.6 Å². The minimum absolute atomic E-state index is 0.0379. The molecule has 7 nitrogen and oxygen atoms in total. The summed E-state index contributed by atoms with van der Waals surface area (Å²) in [5.74, 6) is 2.54. The second-order valence-electron chi connectivity index (χ2n) is 8.14. The molecule has 4 rings (SSSR count). The third kappa shape index (κ3) is 5.80. The van der Waals surface area contributed by atoms with E-state index in [1.807, 2.05) is 62.4 Å². The van der Waals surface area contributed by atoms with Crippen LogP contribution >= 0.6 is 0 Å². The van der Waals surface area contributed by atoms with Gasteiger partial charge in [0.1, 0.15) is 11.5 Å². The first-order valence-electron chi connectivity index (χ1n) is 11.4. The average molecular weight is 447 g/mol. The highest BCUT2D eigenvalue weighted by molar-refractivity contribution is 5.79. The van der Waals surface area contributed by atoms with Gasteiger partial charge in [-0.2, -0.15) is 0 Å². The molecule has 3 aromatic rings. The fourth-order valence-corrected chi connectivity index (χ4v) is 3.98. The van der Waals surface area contributed by atoms with E-state index < -0.39 is 0 Å². The van der Waals surface area contributed by atoms with Gasteiger partial charge >= 0.3 is 0 Å². The Labute approximate surface area is 194 Å². The van der Waals surface area contributed by atoms with Crippen molar-refractivity contribution >= 4 is 11.7 Å². The number of hydrogen-bond donors (Lipinski definition) is 1. The summed E-state index contributed by atoms with van der Waals surface area (Å²) in [7, 11) is 0. The van der Waals surface area contributed by atoms with Crippen molar-refractivity contribution in [1.82, 2.24) is 15.3 Å². The van der Waals surface area contributed by atoms with Crippen LogP contribution in [0.5, 0.6) is 17.4 Å². The minimum atomic E-state index is -0.132. The summed E-state index contributed by atoms with van der Waals surface area (Å²) in [5.41, 5.74) is 2.14. The summed E-state index contributed by atoms with van der Waals surface area (Å²) >= 11 is 0. The van der Waals surface area contributed by atoms with Crippen LogP contribution in [0.1, 0.15) is 30.9 Å². The molecule has 33 heavy (non-hydrogen) atoms. The van der Waals surface area contributed by atoms with Crippen LogP contribution < -0.4 is 19.7 Å². The van der Waals surface area contributed by atoms with E-state index in [0.29, 0.717) is 37.1 Å². The van der Waals surface area contributed by atoms with Crippen molar-refractivity contribution in [3.63, 3.8) is 0 Å². The molecule has 7 heteroatoms. The van der Waals surface area contributed by atoms with Crippen LogP contribution in [0.4, 0.5) is 5.82 Å². The Morgan fingerprint density at radius 3 is 2.73 bits per heavy atom. The molecule has 2 heterocycles. The van der Waals surface area contributed by atoms with Gasteiger partial charge in [0.05, 0.1) is 12.5 Å². The number of benzene rings is 2. The Morgan fingerprint density at radius 1 is 1.12 bits per heavy atom. The summed E-state index contributed by atoms with van der Waals surface area (Å²) in [6.07, 6.45) is 5.01. The number of hydrogen-bond acceptors (Lipinski definition) is 6. The summed E-state index contributed by atoms with van der Waals surface area (Å²) < 4.78 is 11.7. The molecule has 0 saturated carbocycles. The fourth-order valence-electron chi connectivity index (χ4n) is 3.98. The number of piperidine rings is 1. The third-order valence-corrected chi connectivity index (χ3v) is 5.70. The maximum absolute atomic E-state index is 13.0. The number of nitrogens with zero attached hydrogens (tertiary/aromatic N) is 3. The maximum atomic E-state index is 13.0. The van der Waals surface area contributed by atoms with Crippen molar-refractivity contribution in [2.45, 2.75) is 33.2 Å². The SMILES string of the molecule is CCOc1ccccc1CNC(=O)[C@H]1CCCN(c2nccnc2Oc2ccc(C)cc2)C1. The van der Waals surface area contributed by atoms with Gasteiger partial charge in [-0.3, -0.25) is 4.79 Å². The molecule has 1 N–H and O–H groups in total. The summed E-state index contributed by atoms with van der Waals surface area (Å²) in [5, 5.41) is 3.09. The average Bonchev–Trinajstić information content (AvgIpc) is 2.85. The van der Waals surface area contributed by atoms with Crippen molar-refractivity contribution in [2.24, 2.45) is 5.92 Å². The molecule has 0 spiro atoms. The highest BCUT2D eigenvalue weighted by Gasteiger charge is 2.28. The van der Waals surface area contributed by atoms with Crippen LogP contribution in [0.2, 0.25) is 0 Å². The zero-order valence-electron chi connectivity index (χ0n) is 19.2. The van der Waals surface area contributed by atoms with Gasteiger partial charge in [-0.05, 0) is 44.9 Å². The number of aromatic nitrogens is 2. The molecule has 1 atom stereocenters. The maximum Gasteiger partial charge on any atom is 0.263 e. The molecule has 0 radical (unpaired) electrons. The van der Waals surface area contributed by atoms with Crippen molar-refractivity contribution in [3.8, 4) is 17.4 Å². The molecule has 0 unspecified atom stereocenters. The number of carbonyl (C=O) groups is 1. The zero-order chi connectivity index (χ0) is 23.0. The number of carbonyl (C=O) groups excluding carboxylic acids is 1. The monoisotopic (exact) mass is 446 g/mol. The molecule has 172 valence electrons. The van der Waals surface area contributed by atoms with Gasteiger partial charge in [0.15, 0.2) is 5.82 Å². The molecule has 0 bridgehead atoms. The Hall–Kier alpha value is -3.61. The summed E-state index contributed by atoms with van der Waals surface area (Å²) in [4.78, 5) is 24.0. The van der Waals surface area contributed by atoms with Gasteiger partial charge in [-0.15, -0.1) is 0 Å². The first-order chi connectivity index (χ1) is 16.1. The normalized spacial score (nSPS) is 15.7. The van der Waals surface area contributed by atoms with Gasteiger partial charge in [0.2, 0.25) is 5.91 Å². The second-order valence-corrected chi connectivity index (χ2v) is 8.14. The molecule has 1 aliphatic rings. The number of anilines is 1. The van der Waals surface area contributed by atoms with Crippen LogP contribution in [0.15, 0.2) is 60.9 Å². The van der Waals surface area contributed by atoms with Crippen LogP contribution in [0, 0.1) is 12.8 Å². The molecule has 1 fully saturated rings.